The lowest BCUT2D eigenvalue weighted by molar-refractivity contribution is 0.444. The van der Waals surface area contributed by atoms with E-state index in [2.05, 4.69) is 33.7 Å². The van der Waals surface area contributed by atoms with Crippen molar-refractivity contribution in [3.8, 4) is 0 Å². The molecule has 2 aromatic heterocycles. The average Bonchev–Trinajstić information content (AvgIpc) is 3.29. The largest absolute Gasteiger partial charge is 0.356 e. The third-order valence-corrected chi connectivity index (χ3v) is 7.22. The summed E-state index contributed by atoms with van der Waals surface area (Å²) in [5.41, 5.74) is 1.03. The van der Waals surface area contributed by atoms with Crippen LogP contribution in [0.1, 0.15) is 25.5 Å². The predicted octanol–water partition coefficient (Wildman–Crippen LogP) is 1.09. The van der Waals surface area contributed by atoms with Gasteiger partial charge in [0.1, 0.15) is 12.1 Å². The van der Waals surface area contributed by atoms with Crippen molar-refractivity contribution in [1.82, 2.24) is 23.8 Å². The molecule has 0 bridgehead atoms. The summed E-state index contributed by atoms with van der Waals surface area (Å²) in [6.45, 7) is 6.96. The van der Waals surface area contributed by atoms with Crippen LogP contribution < -0.4 is 4.90 Å². The Hall–Kier alpha value is -2.00. The second-order valence-corrected chi connectivity index (χ2v) is 9.36. The Kier molecular flexibility index (Phi) is 4.23. The molecule has 0 saturated carbocycles. The zero-order valence-electron chi connectivity index (χ0n) is 15.3. The lowest BCUT2D eigenvalue weighted by Gasteiger charge is -2.22. The SMILES string of the molecule is CC(C)c1cc(N2CC3CN(S(=O)(=O)c4nccn4C)CC3C2)ncn1. The van der Waals surface area contributed by atoms with Crippen LogP contribution in [0.4, 0.5) is 5.82 Å². The third-order valence-electron chi connectivity index (χ3n) is 5.39. The summed E-state index contributed by atoms with van der Waals surface area (Å²) in [7, 11) is -1.82. The summed E-state index contributed by atoms with van der Waals surface area (Å²) < 4.78 is 28.8. The Balaban J connectivity index is 1.48. The van der Waals surface area contributed by atoms with Crippen LogP contribution in [0.15, 0.2) is 29.9 Å². The first-order valence-corrected chi connectivity index (χ1v) is 10.3. The van der Waals surface area contributed by atoms with E-state index < -0.39 is 10.0 Å². The summed E-state index contributed by atoms with van der Waals surface area (Å²) >= 11 is 0. The average molecular weight is 376 g/mol. The van der Waals surface area contributed by atoms with Crippen molar-refractivity contribution in [3.63, 3.8) is 0 Å². The van der Waals surface area contributed by atoms with Gasteiger partial charge < -0.3 is 9.47 Å². The number of fused-ring (bicyclic) bond motifs is 1. The Morgan fingerprint density at radius 1 is 1.08 bits per heavy atom. The molecule has 2 atom stereocenters. The summed E-state index contributed by atoms with van der Waals surface area (Å²) in [6, 6.07) is 2.05. The van der Waals surface area contributed by atoms with Crippen LogP contribution in [0.2, 0.25) is 0 Å². The summed E-state index contributed by atoms with van der Waals surface area (Å²) in [4.78, 5) is 15.0. The number of anilines is 1. The van der Waals surface area contributed by atoms with E-state index in [0.717, 1.165) is 24.6 Å². The molecule has 2 aliphatic heterocycles. The molecule has 0 N–H and O–H groups in total. The lowest BCUT2D eigenvalue weighted by atomic mass is 10.0. The van der Waals surface area contributed by atoms with Gasteiger partial charge in [0.05, 0.1) is 0 Å². The maximum absolute atomic E-state index is 12.8. The maximum atomic E-state index is 12.8. The van der Waals surface area contributed by atoms with Crippen LogP contribution in [-0.2, 0) is 17.1 Å². The number of sulfonamides is 1. The van der Waals surface area contributed by atoms with Crippen molar-refractivity contribution in [1.29, 1.82) is 0 Å². The van der Waals surface area contributed by atoms with Gasteiger partial charge in [0.2, 0.25) is 5.16 Å². The van der Waals surface area contributed by atoms with Crippen LogP contribution in [0.25, 0.3) is 0 Å². The van der Waals surface area contributed by atoms with E-state index in [-0.39, 0.29) is 5.16 Å². The molecular formula is C17H24N6O2S. The van der Waals surface area contributed by atoms with Gasteiger partial charge in [-0.2, -0.15) is 4.31 Å². The molecule has 4 heterocycles. The van der Waals surface area contributed by atoms with Gasteiger partial charge in [-0.05, 0) is 17.8 Å². The van der Waals surface area contributed by atoms with Gasteiger partial charge in [-0.1, -0.05) is 13.8 Å². The number of aromatic nitrogens is 4. The quantitative estimate of drug-likeness (QED) is 0.794. The first kappa shape index (κ1) is 17.4. The molecule has 140 valence electrons. The number of rotatable bonds is 4. The number of aryl methyl sites for hydroxylation is 1. The highest BCUT2D eigenvalue weighted by molar-refractivity contribution is 7.89. The zero-order chi connectivity index (χ0) is 18.5. The molecule has 2 saturated heterocycles. The number of nitrogens with zero attached hydrogens (tertiary/aromatic N) is 6. The number of imidazole rings is 1. The number of hydrogen-bond donors (Lipinski definition) is 0. The molecule has 9 heteroatoms. The fraction of sp³-hybridized carbons (Fsp3) is 0.588. The minimum atomic E-state index is -3.53. The Morgan fingerprint density at radius 2 is 1.77 bits per heavy atom. The van der Waals surface area contributed by atoms with E-state index in [1.54, 1.807) is 28.4 Å². The van der Waals surface area contributed by atoms with Gasteiger partial charge in [0.25, 0.3) is 10.0 Å². The highest BCUT2D eigenvalue weighted by Gasteiger charge is 2.45. The molecule has 26 heavy (non-hydrogen) atoms. The molecule has 2 unspecified atom stereocenters. The topological polar surface area (TPSA) is 84.2 Å². The van der Waals surface area contributed by atoms with Gasteiger partial charge >= 0.3 is 0 Å². The standard InChI is InChI=1S/C17H24N6O2S/c1-12(2)15-6-16(20-11-19-15)22-7-13-9-23(10-14(13)8-22)26(24,25)17-18-4-5-21(17)3/h4-6,11-14H,7-10H2,1-3H3. The highest BCUT2D eigenvalue weighted by atomic mass is 32.2. The van der Waals surface area contributed by atoms with Crippen LogP contribution in [0.5, 0.6) is 0 Å². The summed E-state index contributed by atoms with van der Waals surface area (Å²) in [6.07, 6.45) is 4.80. The zero-order valence-corrected chi connectivity index (χ0v) is 16.1. The smallest absolute Gasteiger partial charge is 0.277 e. The fourth-order valence-electron chi connectivity index (χ4n) is 3.90. The molecule has 2 aliphatic rings. The first-order valence-electron chi connectivity index (χ1n) is 8.90. The van der Waals surface area contributed by atoms with E-state index in [0.29, 0.717) is 30.8 Å². The van der Waals surface area contributed by atoms with Crippen molar-refractivity contribution in [2.75, 3.05) is 31.1 Å². The van der Waals surface area contributed by atoms with Gasteiger partial charge in [-0.3, -0.25) is 0 Å². The van der Waals surface area contributed by atoms with E-state index in [1.807, 2.05) is 6.07 Å². The minimum absolute atomic E-state index is 0.117. The van der Waals surface area contributed by atoms with Crippen LogP contribution in [0, 0.1) is 11.8 Å². The van der Waals surface area contributed by atoms with E-state index in [9.17, 15) is 8.42 Å². The fourth-order valence-corrected chi connectivity index (χ4v) is 5.52. The second-order valence-electron chi connectivity index (χ2n) is 7.52. The van der Waals surface area contributed by atoms with Gasteiger partial charge in [-0.25, -0.2) is 23.4 Å². The Bertz CT molecular complexity index is 895. The third kappa shape index (κ3) is 2.88. The molecular weight excluding hydrogens is 352 g/mol. The van der Waals surface area contributed by atoms with Crippen LogP contribution in [-0.4, -0.2) is 58.4 Å². The lowest BCUT2D eigenvalue weighted by Crippen LogP contribution is -2.34. The monoisotopic (exact) mass is 376 g/mol. The molecule has 0 spiro atoms. The first-order chi connectivity index (χ1) is 12.4. The van der Waals surface area contributed by atoms with Crippen molar-refractivity contribution >= 4 is 15.8 Å². The Labute approximate surface area is 153 Å². The second kappa shape index (κ2) is 6.31. The van der Waals surface area contributed by atoms with Crippen molar-refractivity contribution in [2.45, 2.75) is 24.9 Å². The number of hydrogen-bond acceptors (Lipinski definition) is 6. The van der Waals surface area contributed by atoms with E-state index >= 15 is 0 Å². The molecule has 0 aromatic carbocycles. The van der Waals surface area contributed by atoms with Crippen LogP contribution >= 0.6 is 0 Å². The van der Waals surface area contributed by atoms with Gasteiger partial charge in [0.15, 0.2) is 0 Å². The minimum Gasteiger partial charge on any atom is -0.356 e. The maximum Gasteiger partial charge on any atom is 0.277 e. The van der Waals surface area contributed by atoms with Crippen molar-refractivity contribution in [3.05, 3.63) is 30.5 Å². The highest BCUT2D eigenvalue weighted by Crippen LogP contribution is 2.35. The molecule has 2 fully saturated rings. The summed E-state index contributed by atoms with van der Waals surface area (Å²) in [5, 5.41) is 0.117. The molecule has 8 nitrogen and oxygen atoms in total. The normalized spacial score (nSPS) is 23.8. The molecule has 4 rings (SSSR count). The van der Waals surface area contributed by atoms with E-state index in [1.165, 1.54) is 6.20 Å². The van der Waals surface area contributed by atoms with Crippen LogP contribution in [0.3, 0.4) is 0 Å². The summed E-state index contributed by atoms with van der Waals surface area (Å²) in [5.74, 6) is 1.94. The van der Waals surface area contributed by atoms with Crippen molar-refractivity contribution in [2.24, 2.45) is 18.9 Å². The van der Waals surface area contributed by atoms with Gasteiger partial charge in [0, 0.05) is 57.4 Å². The molecule has 0 amide bonds. The molecule has 0 aliphatic carbocycles. The molecule has 0 radical (unpaired) electrons. The Morgan fingerprint density at radius 3 is 2.35 bits per heavy atom. The predicted molar refractivity (Wildman–Crippen MR) is 97.3 cm³/mol. The molecule has 2 aromatic rings. The van der Waals surface area contributed by atoms with Crippen molar-refractivity contribution < 1.29 is 8.42 Å². The van der Waals surface area contributed by atoms with E-state index in [4.69, 9.17) is 0 Å². The van der Waals surface area contributed by atoms with Gasteiger partial charge in [-0.15, -0.1) is 0 Å².